The Labute approximate surface area is 135 Å². The first-order valence-corrected chi connectivity index (χ1v) is 8.23. The summed E-state index contributed by atoms with van der Waals surface area (Å²) >= 11 is 0. The zero-order chi connectivity index (χ0) is 16.2. The van der Waals surface area contributed by atoms with Crippen LogP contribution in [0.4, 0.5) is 5.69 Å². The number of carbonyl (C=O) groups excluding carboxylic acids is 2. The van der Waals surface area contributed by atoms with E-state index in [1.807, 2.05) is 12.2 Å². The predicted octanol–water partition coefficient (Wildman–Crippen LogP) is 0.460. The van der Waals surface area contributed by atoms with E-state index in [9.17, 15) is 9.59 Å². The van der Waals surface area contributed by atoms with Gasteiger partial charge in [0.2, 0.25) is 5.91 Å². The van der Waals surface area contributed by atoms with Crippen molar-refractivity contribution < 1.29 is 24.4 Å². The smallest absolute Gasteiger partial charge is 0.292 e. The SMILES string of the molecule is CCOc1ccc(N2C(=O)C[C@@H]([NH2+]C[C@H]3CCCO3)C2=O)cc1. The molecular formula is C17H23N2O4+. The van der Waals surface area contributed by atoms with Crippen LogP contribution in [0.5, 0.6) is 5.75 Å². The Morgan fingerprint density at radius 2 is 2.09 bits per heavy atom. The number of hydrogen-bond donors (Lipinski definition) is 1. The molecule has 2 amide bonds. The van der Waals surface area contributed by atoms with E-state index in [4.69, 9.17) is 9.47 Å². The number of nitrogens with zero attached hydrogens (tertiary/aromatic N) is 1. The molecule has 6 heteroatoms. The Bertz CT molecular complexity index is 566. The molecule has 2 N–H and O–H groups in total. The van der Waals surface area contributed by atoms with Crippen LogP contribution in [0, 0.1) is 0 Å². The number of anilines is 1. The monoisotopic (exact) mass is 319 g/mol. The zero-order valence-electron chi connectivity index (χ0n) is 13.4. The van der Waals surface area contributed by atoms with Crippen molar-refractivity contribution in [1.82, 2.24) is 0 Å². The van der Waals surface area contributed by atoms with Gasteiger partial charge in [-0.3, -0.25) is 9.59 Å². The number of imide groups is 1. The van der Waals surface area contributed by atoms with Gasteiger partial charge in [-0.05, 0) is 44.0 Å². The van der Waals surface area contributed by atoms with Crippen molar-refractivity contribution in [1.29, 1.82) is 0 Å². The first-order valence-electron chi connectivity index (χ1n) is 8.23. The Balaban J connectivity index is 1.63. The normalized spacial score (nSPS) is 24.5. The fourth-order valence-electron chi connectivity index (χ4n) is 3.12. The summed E-state index contributed by atoms with van der Waals surface area (Å²) in [5.74, 6) is 0.446. The molecule has 0 spiro atoms. The second-order valence-corrected chi connectivity index (χ2v) is 5.91. The van der Waals surface area contributed by atoms with Crippen molar-refractivity contribution in [2.45, 2.75) is 38.3 Å². The molecule has 0 radical (unpaired) electrons. The highest BCUT2D eigenvalue weighted by atomic mass is 16.5. The van der Waals surface area contributed by atoms with Gasteiger partial charge in [0.25, 0.3) is 5.91 Å². The van der Waals surface area contributed by atoms with E-state index in [0.29, 0.717) is 12.3 Å². The molecule has 2 aliphatic heterocycles. The second kappa shape index (κ2) is 7.10. The highest BCUT2D eigenvalue weighted by Gasteiger charge is 2.42. The molecule has 2 saturated heterocycles. The molecular weight excluding hydrogens is 296 g/mol. The van der Waals surface area contributed by atoms with E-state index in [0.717, 1.165) is 31.7 Å². The maximum absolute atomic E-state index is 12.5. The fourth-order valence-corrected chi connectivity index (χ4v) is 3.12. The highest BCUT2D eigenvalue weighted by Crippen LogP contribution is 2.24. The maximum atomic E-state index is 12.5. The van der Waals surface area contributed by atoms with E-state index in [1.54, 1.807) is 24.3 Å². The fraction of sp³-hybridized carbons (Fsp3) is 0.529. The second-order valence-electron chi connectivity index (χ2n) is 5.91. The van der Waals surface area contributed by atoms with Crippen molar-refractivity contribution in [3.8, 4) is 5.75 Å². The van der Waals surface area contributed by atoms with Gasteiger partial charge in [-0.25, -0.2) is 4.90 Å². The molecule has 1 aromatic rings. The van der Waals surface area contributed by atoms with Crippen molar-refractivity contribution >= 4 is 17.5 Å². The molecule has 124 valence electrons. The van der Waals surface area contributed by atoms with Gasteiger partial charge < -0.3 is 14.8 Å². The topological polar surface area (TPSA) is 72.4 Å². The van der Waals surface area contributed by atoms with Crippen LogP contribution in [0.2, 0.25) is 0 Å². The summed E-state index contributed by atoms with van der Waals surface area (Å²) < 4.78 is 11.0. The average molecular weight is 319 g/mol. The van der Waals surface area contributed by atoms with Crippen LogP contribution in [0.25, 0.3) is 0 Å². The van der Waals surface area contributed by atoms with E-state index in [2.05, 4.69) is 0 Å². The third kappa shape index (κ3) is 3.54. The van der Waals surface area contributed by atoms with Gasteiger partial charge in [0.15, 0.2) is 6.04 Å². The van der Waals surface area contributed by atoms with E-state index < -0.39 is 0 Å². The molecule has 23 heavy (non-hydrogen) atoms. The first-order chi connectivity index (χ1) is 11.2. The van der Waals surface area contributed by atoms with Crippen LogP contribution in [0.3, 0.4) is 0 Å². The Morgan fingerprint density at radius 1 is 1.30 bits per heavy atom. The molecule has 0 aliphatic carbocycles. The standard InChI is InChI=1S/C17H22N2O4/c1-2-22-13-7-5-12(6-8-13)19-16(20)10-15(17(19)21)18-11-14-4-3-9-23-14/h5-8,14-15,18H,2-4,9-11H2,1H3/p+1/t14-,15-/m1/s1. The lowest BCUT2D eigenvalue weighted by Gasteiger charge is -2.15. The van der Waals surface area contributed by atoms with Crippen LogP contribution in [-0.2, 0) is 14.3 Å². The minimum Gasteiger partial charge on any atom is -0.494 e. The van der Waals surface area contributed by atoms with Crippen LogP contribution >= 0.6 is 0 Å². The molecule has 0 saturated carbocycles. The summed E-state index contributed by atoms with van der Waals surface area (Å²) in [5.41, 5.74) is 0.608. The van der Waals surface area contributed by atoms with Gasteiger partial charge in [-0.1, -0.05) is 0 Å². The Hall–Kier alpha value is -1.92. The van der Waals surface area contributed by atoms with Crippen molar-refractivity contribution in [2.75, 3.05) is 24.7 Å². The van der Waals surface area contributed by atoms with Crippen molar-refractivity contribution in [3.05, 3.63) is 24.3 Å². The van der Waals surface area contributed by atoms with Crippen LogP contribution in [0.15, 0.2) is 24.3 Å². The van der Waals surface area contributed by atoms with E-state index in [1.165, 1.54) is 4.90 Å². The minimum atomic E-state index is -0.335. The first kappa shape index (κ1) is 16.0. The van der Waals surface area contributed by atoms with E-state index in [-0.39, 0.29) is 30.4 Å². The highest BCUT2D eigenvalue weighted by molar-refractivity contribution is 6.21. The van der Waals surface area contributed by atoms with Gasteiger partial charge in [0.05, 0.1) is 18.7 Å². The molecule has 2 atom stereocenters. The van der Waals surface area contributed by atoms with Gasteiger partial charge in [-0.15, -0.1) is 0 Å². The molecule has 0 bridgehead atoms. The molecule has 0 aromatic heterocycles. The summed E-state index contributed by atoms with van der Waals surface area (Å²) in [5, 5.41) is 1.95. The largest absolute Gasteiger partial charge is 0.494 e. The zero-order valence-corrected chi connectivity index (χ0v) is 13.4. The van der Waals surface area contributed by atoms with Gasteiger partial charge in [0, 0.05) is 6.61 Å². The number of benzene rings is 1. The van der Waals surface area contributed by atoms with Crippen LogP contribution in [-0.4, -0.2) is 43.7 Å². The van der Waals surface area contributed by atoms with Crippen LogP contribution < -0.4 is 15.0 Å². The molecule has 1 aromatic carbocycles. The Kier molecular flexibility index (Phi) is 4.93. The third-order valence-corrected chi connectivity index (χ3v) is 4.29. The van der Waals surface area contributed by atoms with Gasteiger partial charge in [0.1, 0.15) is 18.4 Å². The Morgan fingerprint density at radius 3 is 2.74 bits per heavy atom. The number of quaternary nitrogens is 1. The van der Waals surface area contributed by atoms with Gasteiger partial charge >= 0.3 is 0 Å². The lowest BCUT2D eigenvalue weighted by atomic mass is 10.2. The predicted molar refractivity (Wildman–Crippen MR) is 84.3 cm³/mol. The summed E-state index contributed by atoms with van der Waals surface area (Å²) in [6.45, 7) is 4.03. The molecule has 2 fully saturated rings. The number of nitrogens with two attached hydrogens (primary N) is 1. The minimum absolute atomic E-state index is 0.142. The summed E-state index contributed by atoms with van der Waals surface area (Å²) in [6, 6.07) is 6.73. The quantitative estimate of drug-likeness (QED) is 0.773. The number of amides is 2. The number of carbonyl (C=O) groups is 2. The molecule has 0 unspecified atom stereocenters. The molecule has 6 nitrogen and oxygen atoms in total. The maximum Gasteiger partial charge on any atom is 0.292 e. The van der Waals surface area contributed by atoms with Crippen molar-refractivity contribution in [2.24, 2.45) is 0 Å². The average Bonchev–Trinajstić information content (AvgIpc) is 3.15. The summed E-state index contributed by atoms with van der Waals surface area (Å²) in [6.07, 6.45) is 2.57. The lowest BCUT2D eigenvalue weighted by molar-refractivity contribution is -0.680. The summed E-state index contributed by atoms with van der Waals surface area (Å²) in [7, 11) is 0. The lowest BCUT2D eigenvalue weighted by Crippen LogP contribution is -2.93. The van der Waals surface area contributed by atoms with Crippen LogP contribution in [0.1, 0.15) is 26.2 Å². The third-order valence-electron chi connectivity index (χ3n) is 4.29. The van der Waals surface area contributed by atoms with Gasteiger partial charge in [-0.2, -0.15) is 0 Å². The van der Waals surface area contributed by atoms with Crippen molar-refractivity contribution in [3.63, 3.8) is 0 Å². The summed E-state index contributed by atoms with van der Waals surface area (Å²) in [4.78, 5) is 26.0. The van der Waals surface area contributed by atoms with E-state index >= 15 is 0 Å². The number of ether oxygens (including phenoxy) is 2. The molecule has 3 rings (SSSR count). The number of rotatable bonds is 6. The molecule has 2 aliphatic rings. The molecule has 2 heterocycles. The number of hydrogen-bond acceptors (Lipinski definition) is 4.